The molecule has 0 radical (unpaired) electrons. The van der Waals surface area contributed by atoms with Crippen molar-refractivity contribution in [3.63, 3.8) is 0 Å². The summed E-state index contributed by atoms with van der Waals surface area (Å²) in [6, 6.07) is 0. The number of carbonyl (C=O) groups excluding carboxylic acids is 1. The quantitative estimate of drug-likeness (QED) is 0.364. The van der Waals surface area contributed by atoms with E-state index in [2.05, 4.69) is 88.5 Å². The van der Waals surface area contributed by atoms with Gasteiger partial charge in [-0.1, -0.05) is 55.4 Å². The molecule has 0 unspecified atom stereocenters. The second kappa shape index (κ2) is 8.76. The molecule has 0 aromatic rings. The van der Waals surface area contributed by atoms with Crippen LogP contribution in [0.15, 0.2) is 0 Å². The molecule has 0 N–H and O–H groups in total. The normalized spacial score (nSPS) is 28.5. The second-order valence-corrected chi connectivity index (χ2v) is 23.2. The maximum atomic E-state index is 11.9. The van der Waals surface area contributed by atoms with E-state index in [-0.39, 0.29) is 33.0 Å². The van der Waals surface area contributed by atoms with Crippen LogP contribution < -0.4 is 0 Å². The van der Waals surface area contributed by atoms with Gasteiger partial charge >= 0.3 is 0 Å². The van der Waals surface area contributed by atoms with E-state index >= 15 is 0 Å². The lowest BCUT2D eigenvalue weighted by atomic mass is 9.59. The summed E-state index contributed by atoms with van der Waals surface area (Å²) < 4.78 is 14.1. The molecule has 30 heavy (non-hydrogen) atoms. The molecule has 1 aliphatic rings. The zero-order valence-electron chi connectivity index (χ0n) is 22.7. The third kappa shape index (κ3) is 6.08. The Kier molecular flexibility index (Phi) is 8.19. The van der Waals surface area contributed by atoms with Crippen molar-refractivity contribution < 1.29 is 13.6 Å². The molecule has 0 amide bonds. The Morgan fingerprint density at radius 1 is 0.933 bits per heavy atom. The molecule has 1 fully saturated rings. The van der Waals surface area contributed by atoms with Gasteiger partial charge in [-0.05, 0) is 80.7 Å². The van der Waals surface area contributed by atoms with Crippen molar-refractivity contribution in [2.75, 3.05) is 0 Å². The van der Waals surface area contributed by atoms with E-state index in [9.17, 15) is 4.79 Å². The van der Waals surface area contributed by atoms with Crippen LogP contribution in [0.3, 0.4) is 0 Å². The van der Waals surface area contributed by atoms with Gasteiger partial charge in [-0.25, -0.2) is 0 Å². The number of rotatable bonds is 7. The smallest absolute Gasteiger partial charge is 0.192 e. The second-order valence-electron chi connectivity index (χ2n) is 13.7. The molecule has 1 aliphatic carbocycles. The monoisotopic (exact) mass is 456 g/mol. The fourth-order valence-electron chi connectivity index (χ4n) is 4.60. The van der Waals surface area contributed by atoms with Crippen molar-refractivity contribution in [2.45, 2.75) is 143 Å². The first-order valence-electron chi connectivity index (χ1n) is 11.9. The summed E-state index contributed by atoms with van der Waals surface area (Å²) in [4.78, 5) is 11.9. The van der Waals surface area contributed by atoms with Crippen LogP contribution in [0, 0.1) is 11.3 Å². The molecule has 0 heterocycles. The Morgan fingerprint density at radius 2 is 1.40 bits per heavy atom. The van der Waals surface area contributed by atoms with Gasteiger partial charge in [0.1, 0.15) is 5.78 Å². The molecule has 0 aromatic heterocycles. The Bertz CT molecular complexity index is 611. The molecular formula is C25H52O3Si2. The fraction of sp³-hybridized carbons (Fsp3) is 0.960. The first kappa shape index (κ1) is 28.1. The van der Waals surface area contributed by atoms with Crippen LogP contribution in [0.25, 0.3) is 0 Å². The average Bonchev–Trinajstić information content (AvgIpc) is 2.46. The highest BCUT2D eigenvalue weighted by Crippen LogP contribution is 2.55. The van der Waals surface area contributed by atoms with Gasteiger partial charge in [-0.3, -0.25) is 0 Å². The maximum Gasteiger partial charge on any atom is 0.192 e. The third-order valence-electron chi connectivity index (χ3n) is 8.69. The van der Waals surface area contributed by atoms with E-state index in [1.807, 2.05) is 0 Å². The lowest BCUT2D eigenvalue weighted by Crippen LogP contribution is -2.61. The van der Waals surface area contributed by atoms with Gasteiger partial charge < -0.3 is 13.6 Å². The molecule has 1 rings (SSSR count). The standard InChI is InChI=1S/C25H52O3Si2/c1-19(26)15-16-20-24(8,9)21(27-29(11,12)22(2,3)4)17-18-25(20,10)28-30(13,14)23(5,6)7/h20-21H,15-18H2,1-14H3/t20-,21-,25+/m1/s1. The van der Waals surface area contributed by atoms with Crippen LogP contribution >= 0.6 is 0 Å². The first-order chi connectivity index (χ1) is 13.1. The van der Waals surface area contributed by atoms with Gasteiger partial charge in [0.15, 0.2) is 16.6 Å². The fourth-order valence-corrected chi connectivity index (χ4v) is 7.80. The minimum Gasteiger partial charge on any atom is -0.413 e. The molecule has 0 saturated heterocycles. The molecule has 0 bridgehead atoms. The van der Waals surface area contributed by atoms with Gasteiger partial charge in [-0.15, -0.1) is 0 Å². The molecule has 3 nitrogen and oxygen atoms in total. The van der Waals surface area contributed by atoms with Crippen LogP contribution in [-0.4, -0.2) is 34.1 Å². The molecule has 1 saturated carbocycles. The van der Waals surface area contributed by atoms with E-state index in [0.717, 1.165) is 19.3 Å². The van der Waals surface area contributed by atoms with Crippen molar-refractivity contribution in [2.24, 2.45) is 11.3 Å². The minimum atomic E-state index is -1.94. The van der Waals surface area contributed by atoms with Crippen molar-refractivity contribution in [3.8, 4) is 0 Å². The zero-order chi connectivity index (χ0) is 24.0. The van der Waals surface area contributed by atoms with E-state index in [0.29, 0.717) is 12.3 Å². The third-order valence-corrected chi connectivity index (χ3v) is 17.8. The van der Waals surface area contributed by atoms with E-state index < -0.39 is 16.6 Å². The van der Waals surface area contributed by atoms with Crippen LogP contribution in [0.4, 0.5) is 0 Å². The summed E-state index contributed by atoms with van der Waals surface area (Å²) in [5.74, 6) is 0.569. The van der Waals surface area contributed by atoms with E-state index in [1.165, 1.54) is 0 Å². The highest BCUT2D eigenvalue weighted by atomic mass is 28.4. The summed E-state index contributed by atoms with van der Waals surface area (Å²) in [6.45, 7) is 32.0. The Morgan fingerprint density at radius 3 is 1.80 bits per heavy atom. The predicted octanol–water partition coefficient (Wildman–Crippen LogP) is 7.96. The first-order valence-corrected chi connectivity index (χ1v) is 17.8. The van der Waals surface area contributed by atoms with Crippen molar-refractivity contribution >= 4 is 22.4 Å². The number of carbonyl (C=O) groups is 1. The topological polar surface area (TPSA) is 35.5 Å². The summed E-state index contributed by atoms with van der Waals surface area (Å²) >= 11 is 0. The highest BCUT2D eigenvalue weighted by Gasteiger charge is 2.56. The molecule has 0 spiro atoms. The summed E-state index contributed by atoms with van der Waals surface area (Å²) in [7, 11) is -3.82. The zero-order valence-corrected chi connectivity index (χ0v) is 24.7. The maximum absolute atomic E-state index is 11.9. The Labute approximate surface area is 190 Å². The largest absolute Gasteiger partial charge is 0.413 e. The van der Waals surface area contributed by atoms with Gasteiger partial charge in [0.25, 0.3) is 0 Å². The summed E-state index contributed by atoms with van der Waals surface area (Å²) in [5, 5.41) is 0.357. The number of Topliss-reactive ketones (excluding diaryl/α,β-unsaturated/α-hetero) is 1. The minimum absolute atomic E-state index is 0.0413. The molecular weight excluding hydrogens is 404 g/mol. The molecule has 5 heteroatoms. The number of ketones is 1. The van der Waals surface area contributed by atoms with E-state index in [4.69, 9.17) is 8.85 Å². The van der Waals surface area contributed by atoms with Crippen molar-refractivity contribution in [1.29, 1.82) is 0 Å². The SMILES string of the molecule is CC(=O)CC[C@@H]1C(C)(C)[C@H](O[Si](C)(C)C(C)(C)C)CC[C@]1(C)O[Si](C)(C)C(C)(C)C. The number of hydrogen-bond acceptors (Lipinski definition) is 3. The average molecular weight is 457 g/mol. The molecule has 0 aliphatic heterocycles. The Hall–Kier alpha value is 0.0238. The van der Waals surface area contributed by atoms with Gasteiger partial charge in [0.05, 0.1) is 11.7 Å². The van der Waals surface area contributed by atoms with E-state index in [1.54, 1.807) is 6.92 Å². The van der Waals surface area contributed by atoms with Gasteiger partial charge in [-0.2, -0.15) is 0 Å². The Balaban J connectivity index is 3.32. The van der Waals surface area contributed by atoms with Crippen LogP contribution in [-0.2, 0) is 13.6 Å². The molecule has 3 atom stereocenters. The number of hydrogen-bond donors (Lipinski definition) is 0. The van der Waals surface area contributed by atoms with Crippen molar-refractivity contribution in [1.82, 2.24) is 0 Å². The summed E-state index contributed by atoms with van der Waals surface area (Å²) in [5.41, 5.74) is -0.254. The molecule has 178 valence electrons. The van der Waals surface area contributed by atoms with Crippen molar-refractivity contribution in [3.05, 3.63) is 0 Å². The lowest BCUT2D eigenvalue weighted by molar-refractivity contribution is -0.137. The lowest BCUT2D eigenvalue weighted by Gasteiger charge is -2.59. The van der Waals surface area contributed by atoms with Crippen LogP contribution in [0.1, 0.15) is 94.9 Å². The summed E-state index contributed by atoms with van der Waals surface area (Å²) in [6.07, 6.45) is 3.75. The predicted molar refractivity (Wildman–Crippen MR) is 135 cm³/mol. The highest BCUT2D eigenvalue weighted by molar-refractivity contribution is 6.74. The van der Waals surface area contributed by atoms with Gasteiger partial charge in [0.2, 0.25) is 0 Å². The molecule has 0 aromatic carbocycles. The van der Waals surface area contributed by atoms with Crippen LogP contribution in [0.5, 0.6) is 0 Å². The van der Waals surface area contributed by atoms with Crippen LogP contribution in [0.2, 0.25) is 36.3 Å². The van der Waals surface area contributed by atoms with Gasteiger partial charge in [0, 0.05) is 6.42 Å².